The monoisotopic (exact) mass is 381 g/mol. The molecule has 2 aromatic heterocycles. The second kappa shape index (κ2) is 8.56. The Labute approximate surface area is 167 Å². The number of nitrogens with zero attached hydrogens (tertiary/aromatic N) is 3. The maximum atomic E-state index is 6.34. The first-order valence-corrected chi connectivity index (χ1v) is 10.6. The first-order valence-electron chi connectivity index (χ1n) is 10.6. The van der Waals surface area contributed by atoms with Crippen LogP contribution in [0, 0.1) is 0 Å². The van der Waals surface area contributed by atoms with Crippen molar-refractivity contribution in [2.75, 3.05) is 13.7 Å². The Morgan fingerprint density at radius 1 is 1.11 bits per heavy atom. The van der Waals surface area contributed by atoms with Crippen LogP contribution in [0.4, 0.5) is 0 Å². The van der Waals surface area contributed by atoms with Gasteiger partial charge in [-0.25, -0.2) is 4.98 Å². The van der Waals surface area contributed by atoms with Crippen LogP contribution in [0.15, 0.2) is 36.8 Å². The molecule has 2 aliphatic rings. The summed E-state index contributed by atoms with van der Waals surface area (Å²) in [5.74, 6) is 0.593. The molecule has 0 amide bonds. The number of hydrogen-bond acceptors (Lipinski definition) is 5. The zero-order valence-corrected chi connectivity index (χ0v) is 16.9. The molecule has 5 nitrogen and oxygen atoms in total. The highest BCUT2D eigenvalue weighted by molar-refractivity contribution is 5.20. The minimum absolute atomic E-state index is 0.0913. The summed E-state index contributed by atoms with van der Waals surface area (Å²) in [7, 11) is 1.63. The van der Waals surface area contributed by atoms with Gasteiger partial charge in [0.15, 0.2) is 0 Å². The van der Waals surface area contributed by atoms with Crippen molar-refractivity contribution < 1.29 is 9.47 Å². The topological polar surface area (TPSA) is 57.1 Å². The molecule has 0 radical (unpaired) electrons. The molecule has 0 N–H and O–H groups in total. The van der Waals surface area contributed by atoms with Crippen molar-refractivity contribution in [3.63, 3.8) is 0 Å². The van der Waals surface area contributed by atoms with Gasteiger partial charge in [-0.15, -0.1) is 0 Å². The van der Waals surface area contributed by atoms with E-state index in [1.807, 2.05) is 18.5 Å². The van der Waals surface area contributed by atoms with Crippen molar-refractivity contribution in [1.29, 1.82) is 0 Å². The van der Waals surface area contributed by atoms with Crippen molar-refractivity contribution in [2.45, 2.75) is 75.2 Å². The molecule has 1 saturated heterocycles. The largest absolute Gasteiger partial charge is 0.480 e. The number of hydrogen-bond donors (Lipinski definition) is 0. The summed E-state index contributed by atoms with van der Waals surface area (Å²) in [6.07, 6.45) is 17.0. The number of aryl methyl sites for hydroxylation is 1. The Morgan fingerprint density at radius 3 is 2.79 bits per heavy atom. The predicted molar refractivity (Wildman–Crippen MR) is 108 cm³/mol. The minimum Gasteiger partial charge on any atom is -0.480 e. The molecule has 28 heavy (non-hydrogen) atoms. The van der Waals surface area contributed by atoms with E-state index in [2.05, 4.69) is 22.1 Å². The van der Waals surface area contributed by atoms with E-state index >= 15 is 0 Å². The van der Waals surface area contributed by atoms with Gasteiger partial charge in [0.25, 0.3) is 0 Å². The average Bonchev–Trinajstić information content (AvgIpc) is 3.19. The van der Waals surface area contributed by atoms with Gasteiger partial charge in [-0.1, -0.05) is 25.3 Å². The quantitative estimate of drug-likeness (QED) is 0.653. The number of pyridine rings is 1. The van der Waals surface area contributed by atoms with Crippen molar-refractivity contribution in [2.24, 2.45) is 0 Å². The maximum Gasteiger partial charge on any atom is 0.232 e. The molecular weight excluding hydrogens is 350 g/mol. The SMILES string of the molecule is COc1cncc(CCCC[C@@]2(c3ccccn3)CCOC3(CCCC3)C2)n1. The molecule has 2 fully saturated rings. The number of rotatable bonds is 7. The summed E-state index contributed by atoms with van der Waals surface area (Å²) < 4.78 is 11.5. The van der Waals surface area contributed by atoms with Gasteiger partial charge in [-0.3, -0.25) is 9.97 Å². The van der Waals surface area contributed by atoms with Gasteiger partial charge in [0.1, 0.15) is 0 Å². The molecule has 3 heterocycles. The molecule has 0 bridgehead atoms. The molecule has 2 aromatic rings. The second-order valence-corrected chi connectivity index (χ2v) is 8.42. The van der Waals surface area contributed by atoms with Crippen LogP contribution in [0.25, 0.3) is 0 Å². The van der Waals surface area contributed by atoms with Crippen LogP contribution >= 0.6 is 0 Å². The van der Waals surface area contributed by atoms with Crippen LogP contribution in [-0.2, 0) is 16.6 Å². The summed E-state index contributed by atoms with van der Waals surface area (Å²) in [6, 6.07) is 6.37. The molecule has 0 aromatic carbocycles. The number of aromatic nitrogens is 3. The fourth-order valence-corrected chi connectivity index (χ4v) is 5.17. The minimum atomic E-state index is 0.0913. The molecule has 1 aliphatic heterocycles. The number of ether oxygens (including phenoxy) is 2. The lowest BCUT2D eigenvalue weighted by Crippen LogP contribution is -2.46. The molecule has 1 saturated carbocycles. The van der Waals surface area contributed by atoms with Gasteiger partial charge in [-0.05, 0) is 57.1 Å². The maximum absolute atomic E-state index is 6.34. The normalized spacial score (nSPS) is 23.8. The van der Waals surface area contributed by atoms with Crippen molar-refractivity contribution in [3.05, 3.63) is 48.2 Å². The molecule has 1 spiro atoms. The van der Waals surface area contributed by atoms with E-state index < -0.39 is 0 Å². The van der Waals surface area contributed by atoms with E-state index in [4.69, 9.17) is 14.5 Å². The van der Waals surface area contributed by atoms with Crippen LogP contribution in [0.3, 0.4) is 0 Å². The van der Waals surface area contributed by atoms with Crippen LogP contribution in [0.2, 0.25) is 0 Å². The van der Waals surface area contributed by atoms with Crippen LogP contribution in [0.1, 0.15) is 69.2 Å². The summed E-state index contributed by atoms with van der Waals surface area (Å²) in [4.78, 5) is 13.5. The van der Waals surface area contributed by atoms with Crippen molar-refractivity contribution in [1.82, 2.24) is 15.0 Å². The zero-order valence-electron chi connectivity index (χ0n) is 16.9. The van der Waals surface area contributed by atoms with E-state index in [1.165, 1.54) is 31.4 Å². The smallest absolute Gasteiger partial charge is 0.232 e. The van der Waals surface area contributed by atoms with Gasteiger partial charge in [-0.2, -0.15) is 0 Å². The summed E-state index contributed by atoms with van der Waals surface area (Å²) in [5, 5.41) is 0. The Hall–Kier alpha value is -2.01. The average molecular weight is 382 g/mol. The lowest BCUT2D eigenvalue weighted by atomic mass is 9.67. The van der Waals surface area contributed by atoms with E-state index in [0.29, 0.717) is 5.88 Å². The number of methoxy groups -OCH3 is 1. The van der Waals surface area contributed by atoms with E-state index in [-0.39, 0.29) is 11.0 Å². The summed E-state index contributed by atoms with van der Waals surface area (Å²) in [5.41, 5.74) is 2.49. The van der Waals surface area contributed by atoms with E-state index in [1.54, 1.807) is 13.3 Å². The number of unbranched alkanes of at least 4 members (excludes halogenated alkanes) is 1. The third-order valence-electron chi connectivity index (χ3n) is 6.58. The van der Waals surface area contributed by atoms with Gasteiger partial charge in [0, 0.05) is 30.1 Å². The third kappa shape index (κ3) is 4.19. The van der Waals surface area contributed by atoms with E-state index in [9.17, 15) is 0 Å². The Morgan fingerprint density at radius 2 is 2.00 bits per heavy atom. The first-order chi connectivity index (χ1) is 13.7. The molecule has 4 rings (SSSR count). The van der Waals surface area contributed by atoms with Gasteiger partial charge in [0.05, 0.1) is 24.6 Å². The zero-order chi connectivity index (χ0) is 19.3. The fraction of sp³-hybridized carbons (Fsp3) is 0.609. The van der Waals surface area contributed by atoms with Crippen molar-refractivity contribution >= 4 is 0 Å². The molecule has 1 atom stereocenters. The molecule has 1 aliphatic carbocycles. The second-order valence-electron chi connectivity index (χ2n) is 8.42. The molecule has 0 unspecified atom stereocenters. The highest BCUT2D eigenvalue weighted by atomic mass is 16.5. The summed E-state index contributed by atoms with van der Waals surface area (Å²) >= 11 is 0. The van der Waals surface area contributed by atoms with Gasteiger partial charge < -0.3 is 9.47 Å². The van der Waals surface area contributed by atoms with E-state index in [0.717, 1.165) is 50.8 Å². The fourth-order valence-electron chi connectivity index (χ4n) is 5.17. The molecular formula is C23H31N3O2. The summed E-state index contributed by atoms with van der Waals surface area (Å²) in [6.45, 7) is 0.859. The Bertz CT molecular complexity index is 761. The highest BCUT2D eigenvalue weighted by Crippen LogP contribution is 2.50. The lowest BCUT2D eigenvalue weighted by Gasteiger charge is -2.46. The van der Waals surface area contributed by atoms with Gasteiger partial charge in [0.2, 0.25) is 5.88 Å². The van der Waals surface area contributed by atoms with Gasteiger partial charge >= 0.3 is 0 Å². The molecule has 5 heteroatoms. The predicted octanol–water partition coefficient (Wildman–Crippen LogP) is 4.65. The third-order valence-corrected chi connectivity index (χ3v) is 6.58. The van der Waals surface area contributed by atoms with Crippen LogP contribution < -0.4 is 4.74 Å². The standard InChI is InChI=1S/C23H31N3O2/c1-27-21-17-24-16-19(26-21)8-2-4-10-22(20-9-3-7-14-25-20)13-15-28-23(18-22)11-5-6-12-23/h3,7,9,14,16-17H,2,4-6,8,10-13,15,18H2,1H3/t22-/m1/s1. The highest BCUT2D eigenvalue weighted by Gasteiger charge is 2.48. The lowest BCUT2D eigenvalue weighted by molar-refractivity contribution is -0.104. The van der Waals surface area contributed by atoms with Crippen molar-refractivity contribution in [3.8, 4) is 5.88 Å². The van der Waals surface area contributed by atoms with Crippen LogP contribution in [-0.4, -0.2) is 34.3 Å². The molecule has 150 valence electrons. The van der Waals surface area contributed by atoms with Crippen LogP contribution in [0.5, 0.6) is 5.88 Å². The first kappa shape index (κ1) is 19.3. The Balaban J connectivity index is 1.44. The Kier molecular flexibility index (Phi) is 5.90.